The monoisotopic (exact) mass is 531 g/mol. The summed E-state index contributed by atoms with van der Waals surface area (Å²) in [6.45, 7) is 4.85. The molecule has 0 bridgehead atoms. The molecule has 2 aromatic heterocycles. The van der Waals surface area contributed by atoms with Crippen molar-refractivity contribution in [1.29, 1.82) is 0 Å². The van der Waals surface area contributed by atoms with Crippen molar-refractivity contribution in [1.82, 2.24) is 30.2 Å². The molecule has 198 valence electrons. The third kappa shape index (κ3) is 5.07. The standard InChI is InChI=1S/C25H22F5N7O/c1-14-4-2-3-5-20(14)37-23(25(28,29)30)22(34-35-37)24(38)33-21-12-18(27)16-10-15(17(26)11-19(16)32-21)13-36-8-6-31-7-9-36/h2-5,10-12,31H,6-9,13H2,1H3,(H,32,33,38). The Bertz CT molecular complexity index is 1510. The van der Waals surface area contributed by atoms with Crippen LogP contribution >= 0.6 is 0 Å². The molecule has 5 rings (SSSR count). The summed E-state index contributed by atoms with van der Waals surface area (Å²) in [5, 5.41) is 12.4. The lowest BCUT2D eigenvalue weighted by atomic mass is 10.1. The molecule has 13 heteroatoms. The molecule has 1 fully saturated rings. The van der Waals surface area contributed by atoms with Crippen molar-refractivity contribution in [2.75, 3.05) is 31.5 Å². The van der Waals surface area contributed by atoms with Gasteiger partial charge in [-0.3, -0.25) is 9.69 Å². The number of piperazine rings is 1. The highest BCUT2D eigenvalue weighted by atomic mass is 19.4. The van der Waals surface area contributed by atoms with Gasteiger partial charge in [-0.05, 0) is 24.6 Å². The Morgan fingerprint density at radius 1 is 1.08 bits per heavy atom. The smallest absolute Gasteiger partial charge is 0.314 e. The van der Waals surface area contributed by atoms with Gasteiger partial charge in [-0.15, -0.1) is 5.10 Å². The van der Waals surface area contributed by atoms with Crippen LogP contribution in [0.5, 0.6) is 0 Å². The predicted molar refractivity (Wildman–Crippen MR) is 129 cm³/mol. The number of hydrogen-bond donors (Lipinski definition) is 2. The van der Waals surface area contributed by atoms with E-state index in [1.54, 1.807) is 19.1 Å². The molecule has 0 aliphatic carbocycles. The highest BCUT2D eigenvalue weighted by molar-refractivity contribution is 6.03. The number of rotatable bonds is 5. The van der Waals surface area contributed by atoms with Gasteiger partial charge in [0.15, 0.2) is 11.4 Å². The van der Waals surface area contributed by atoms with Gasteiger partial charge in [0.25, 0.3) is 5.91 Å². The van der Waals surface area contributed by atoms with E-state index < -0.39 is 40.9 Å². The van der Waals surface area contributed by atoms with Crippen LogP contribution in [0.3, 0.4) is 0 Å². The number of para-hydroxylation sites is 1. The van der Waals surface area contributed by atoms with Crippen LogP contribution in [0.4, 0.5) is 27.8 Å². The van der Waals surface area contributed by atoms with E-state index in [2.05, 4.69) is 25.9 Å². The van der Waals surface area contributed by atoms with E-state index in [1.807, 2.05) is 4.90 Å². The molecule has 3 heterocycles. The van der Waals surface area contributed by atoms with Crippen LogP contribution in [0.1, 0.15) is 27.3 Å². The Morgan fingerprint density at radius 3 is 2.53 bits per heavy atom. The summed E-state index contributed by atoms with van der Waals surface area (Å²) in [4.78, 5) is 18.9. The fraction of sp³-hybridized carbons (Fsp3) is 0.280. The lowest BCUT2D eigenvalue weighted by molar-refractivity contribution is -0.143. The molecule has 0 saturated carbocycles. The van der Waals surface area contributed by atoms with Crippen LogP contribution in [0.15, 0.2) is 42.5 Å². The van der Waals surface area contributed by atoms with Gasteiger partial charge in [0.2, 0.25) is 0 Å². The Kier molecular flexibility index (Phi) is 6.80. The topological polar surface area (TPSA) is 88.0 Å². The molecule has 1 amide bonds. The molecular formula is C25H22F5N7O. The first-order valence-electron chi connectivity index (χ1n) is 11.7. The first kappa shape index (κ1) is 25.7. The second-order valence-electron chi connectivity index (χ2n) is 8.91. The van der Waals surface area contributed by atoms with Gasteiger partial charge in [-0.2, -0.15) is 13.2 Å². The van der Waals surface area contributed by atoms with E-state index in [-0.39, 0.29) is 23.1 Å². The van der Waals surface area contributed by atoms with Crippen molar-refractivity contribution in [3.8, 4) is 5.69 Å². The first-order chi connectivity index (χ1) is 18.1. The molecule has 0 spiro atoms. The number of carbonyl (C=O) groups is 1. The van der Waals surface area contributed by atoms with Crippen LogP contribution in [-0.4, -0.2) is 57.0 Å². The normalized spacial score (nSPS) is 14.7. The third-order valence-electron chi connectivity index (χ3n) is 6.27. The van der Waals surface area contributed by atoms with Crippen LogP contribution < -0.4 is 10.6 Å². The average Bonchev–Trinajstić information content (AvgIpc) is 3.32. The number of aromatic nitrogens is 4. The van der Waals surface area contributed by atoms with E-state index in [1.165, 1.54) is 18.2 Å². The zero-order valence-electron chi connectivity index (χ0n) is 20.1. The lowest BCUT2D eigenvalue weighted by Gasteiger charge is -2.27. The number of aryl methyl sites for hydroxylation is 1. The maximum absolute atomic E-state index is 15.0. The molecule has 0 unspecified atom stereocenters. The number of hydrogen-bond acceptors (Lipinski definition) is 6. The van der Waals surface area contributed by atoms with Gasteiger partial charge in [-0.1, -0.05) is 23.4 Å². The van der Waals surface area contributed by atoms with E-state index in [0.717, 1.165) is 38.3 Å². The Hall–Kier alpha value is -3.97. The van der Waals surface area contributed by atoms with Crippen molar-refractivity contribution >= 4 is 22.6 Å². The molecule has 1 saturated heterocycles. The maximum atomic E-state index is 15.0. The predicted octanol–water partition coefficient (Wildman–Crippen LogP) is 4.08. The minimum Gasteiger partial charge on any atom is -0.314 e. The minimum absolute atomic E-state index is 0.0241. The maximum Gasteiger partial charge on any atom is 0.435 e. The SMILES string of the molecule is Cc1ccccc1-n1nnc(C(=O)Nc2cc(F)c3cc(CN4CCNCC4)c(F)cc3n2)c1C(F)(F)F. The van der Waals surface area contributed by atoms with Crippen molar-refractivity contribution in [3.05, 3.63) is 76.6 Å². The molecule has 0 radical (unpaired) electrons. The highest BCUT2D eigenvalue weighted by Gasteiger charge is 2.42. The summed E-state index contributed by atoms with van der Waals surface area (Å²) in [7, 11) is 0. The summed E-state index contributed by atoms with van der Waals surface area (Å²) in [5.41, 5.74) is -1.64. The van der Waals surface area contributed by atoms with Crippen molar-refractivity contribution in [3.63, 3.8) is 0 Å². The molecule has 8 nitrogen and oxygen atoms in total. The Balaban J connectivity index is 1.45. The first-order valence-corrected chi connectivity index (χ1v) is 11.7. The lowest BCUT2D eigenvalue weighted by Crippen LogP contribution is -2.43. The van der Waals surface area contributed by atoms with Crippen LogP contribution in [-0.2, 0) is 12.7 Å². The van der Waals surface area contributed by atoms with Gasteiger partial charge in [0.1, 0.15) is 17.5 Å². The molecule has 4 aromatic rings. The number of nitrogens with zero attached hydrogens (tertiary/aromatic N) is 5. The number of nitrogens with one attached hydrogen (secondary N) is 2. The molecule has 1 aliphatic rings. The number of benzene rings is 2. The number of fused-ring (bicyclic) bond motifs is 1. The largest absolute Gasteiger partial charge is 0.435 e. The third-order valence-corrected chi connectivity index (χ3v) is 6.27. The number of carbonyl (C=O) groups excluding carboxylic acids is 1. The van der Waals surface area contributed by atoms with Gasteiger partial charge < -0.3 is 10.6 Å². The summed E-state index contributed by atoms with van der Waals surface area (Å²) in [6.07, 6.45) is -4.98. The fourth-order valence-corrected chi connectivity index (χ4v) is 4.38. The van der Waals surface area contributed by atoms with Crippen LogP contribution in [0.2, 0.25) is 0 Å². The van der Waals surface area contributed by atoms with Gasteiger partial charge >= 0.3 is 6.18 Å². The number of amides is 1. The molecule has 2 aromatic carbocycles. The molecule has 1 aliphatic heterocycles. The van der Waals surface area contributed by atoms with E-state index >= 15 is 0 Å². The number of halogens is 5. The van der Waals surface area contributed by atoms with Crippen LogP contribution in [0.25, 0.3) is 16.6 Å². The zero-order chi connectivity index (χ0) is 27.0. The number of anilines is 1. The van der Waals surface area contributed by atoms with Crippen molar-refractivity contribution in [2.24, 2.45) is 0 Å². The van der Waals surface area contributed by atoms with Crippen LogP contribution in [0, 0.1) is 18.6 Å². The summed E-state index contributed by atoms with van der Waals surface area (Å²) in [6, 6.07) is 9.44. The molecule has 38 heavy (non-hydrogen) atoms. The fourth-order valence-electron chi connectivity index (χ4n) is 4.38. The van der Waals surface area contributed by atoms with Gasteiger partial charge in [0, 0.05) is 55.8 Å². The quantitative estimate of drug-likeness (QED) is 0.378. The second-order valence-corrected chi connectivity index (χ2v) is 8.91. The van der Waals surface area contributed by atoms with Gasteiger partial charge in [-0.25, -0.2) is 18.4 Å². The van der Waals surface area contributed by atoms with Crippen molar-refractivity contribution < 1.29 is 26.7 Å². The number of pyridine rings is 1. The number of alkyl halides is 3. The molecule has 0 atom stereocenters. The Labute approximate surface area is 213 Å². The average molecular weight is 531 g/mol. The molecular weight excluding hydrogens is 509 g/mol. The van der Waals surface area contributed by atoms with E-state index in [4.69, 9.17) is 0 Å². The van der Waals surface area contributed by atoms with Gasteiger partial charge in [0.05, 0.1) is 11.2 Å². The highest BCUT2D eigenvalue weighted by Crippen LogP contribution is 2.34. The minimum atomic E-state index is -4.98. The molecule has 2 N–H and O–H groups in total. The second kappa shape index (κ2) is 10.1. The Morgan fingerprint density at radius 2 is 1.82 bits per heavy atom. The summed E-state index contributed by atoms with van der Waals surface area (Å²) in [5.74, 6) is -3.11. The van der Waals surface area contributed by atoms with Crippen molar-refractivity contribution in [2.45, 2.75) is 19.6 Å². The van der Waals surface area contributed by atoms with E-state index in [9.17, 15) is 26.7 Å². The summed E-state index contributed by atoms with van der Waals surface area (Å²) < 4.78 is 72.3. The zero-order valence-corrected chi connectivity index (χ0v) is 20.1. The summed E-state index contributed by atoms with van der Waals surface area (Å²) >= 11 is 0. The van der Waals surface area contributed by atoms with E-state index in [0.29, 0.717) is 15.8 Å².